The van der Waals surface area contributed by atoms with E-state index in [0.717, 1.165) is 22.3 Å². The van der Waals surface area contributed by atoms with E-state index in [2.05, 4.69) is 36.3 Å². The highest BCUT2D eigenvalue weighted by molar-refractivity contribution is 5.76. The van der Waals surface area contributed by atoms with Crippen molar-refractivity contribution in [3.8, 4) is 0 Å². The molecule has 1 heterocycles. The maximum atomic E-state index is 12.0. The summed E-state index contributed by atoms with van der Waals surface area (Å²) in [7, 11) is 0. The molecule has 3 N–H and O–H groups in total. The number of rotatable bonds is 6. The molecular formula is C19H25N3O. The number of pyridine rings is 1. The molecule has 1 aromatic heterocycles. The zero-order valence-electron chi connectivity index (χ0n) is 14.0. The van der Waals surface area contributed by atoms with Crippen molar-refractivity contribution >= 4 is 5.91 Å². The number of amides is 1. The molecule has 0 fully saturated rings. The second-order valence-corrected chi connectivity index (χ2v) is 5.93. The number of carbonyl (C=O) groups is 1. The summed E-state index contributed by atoms with van der Waals surface area (Å²) in [6.45, 7) is 5.97. The molecule has 2 rings (SSSR count). The number of carbonyl (C=O) groups excluding carboxylic acids is 1. The van der Waals surface area contributed by atoms with Gasteiger partial charge in [-0.3, -0.25) is 9.78 Å². The zero-order chi connectivity index (χ0) is 16.8. The highest BCUT2D eigenvalue weighted by Crippen LogP contribution is 2.25. The summed E-state index contributed by atoms with van der Waals surface area (Å²) < 4.78 is 0. The van der Waals surface area contributed by atoms with Gasteiger partial charge in [0.2, 0.25) is 5.91 Å². The molecule has 4 nitrogen and oxygen atoms in total. The van der Waals surface area contributed by atoms with Gasteiger partial charge in [0, 0.05) is 24.9 Å². The fourth-order valence-electron chi connectivity index (χ4n) is 2.90. The minimum absolute atomic E-state index is 0.0132. The van der Waals surface area contributed by atoms with Crippen LogP contribution in [0.2, 0.25) is 0 Å². The molecule has 0 bridgehead atoms. The van der Waals surface area contributed by atoms with Crippen LogP contribution < -0.4 is 11.1 Å². The van der Waals surface area contributed by atoms with Crippen LogP contribution >= 0.6 is 0 Å². The normalized spacial score (nSPS) is 13.4. The Hall–Kier alpha value is -2.20. The number of nitrogens with two attached hydrogens (primary N) is 1. The van der Waals surface area contributed by atoms with Gasteiger partial charge in [-0.2, -0.15) is 0 Å². The molecule has 4 heteroatoms. The van der Waals surface area contributed by atoms with Crippen LogP contribution in [0.15, 0.2) is 42.7 Å². The first-order chi connectivity index (χ1) is 11.0. The average Bonchev–Trinajstić information content (AvgIpc) is 2.54. The molecule has 0 spiro atoms. The Labute approximate surface area is 138 Å². The molecule has 2 atom stereocenters. The Kier molecular flexibility index (Phi) is 5.88. The van der Waals surface area contributed by atoms with E-state index in [1.807, 2.05) is 31.3 Å². The topological polar surface area (TPSA) is 68.0 Å². The van der Waals surface area contributed by atoms with E-state index in [0.29, 0.717) is 12.8 Å². The van der Waals surface area contributed by atoms with Crippen molar-refractivity contribution in [2.24, 2.45) is 5.73 Å². The molecule has 0 aliphatic carbocycles. The van der Waals surface area contributed by atoms with Gasteiger partial charge in [-0.15, -0.1) is 0 Å². The van der Waals surface area contributed by atoms with Crippen LogP contribution in [0.4, 0.5) is 0 Å². The number of nitrogens with zero attached hydrogens (tertiary/aromatic N) is 1. The third-order valence-electron chi connectivity index (χ3n) is 4.11. The highest BCUT2D eigenvalue weighted by atomic mass is 16.1. The Morgan fingerprint density at radius 3 is 2.48 bits per heavy atom. The van der Waals surface area contributed by atoms with Crippen LogP contribution in [0.5, 0.6) is 0 Å². The predicted octanol–water partition coefficient (Wildman–Crippen LogP) is 2.84. The number of hydrogen-bond donors (Lipinski definition) is 2. The molecule has 2 aromatic rings. The monoisotopic (exact) mass is 311 g/mol. The number of nitrogens with one attached hydrogen (secondary N) is 1. The summed E-state index contributed by atoms with van der Waals surface area (Å²) in [5.74, 6) is 0.0132. The standard InChI is InChI=1S/C19H25N3O/c1-4-17(23)22-19(18-13(2)7-5-8-14(18)3)16(20)11-15-9-6-10-21-12-15/h5-10,12,16,19H,4,11,20H2,1-3H3,(H,22,23)/t16-,19+/m1/s1. The Bertz CT molecular complexity index is 635. The molecule has 1 aromatic carbocycles. The molecule has 0 saturated carbocycles. The maximum absolute atomic E-state index is 12.0. The second-order valence-electron chi connectivity index (χ2n) is 5.93. The Morgan fingerprint density at radius 1 is 1.22 bits per heavy atom. The largest absolute Gasteiger partial charge is 0.348 e. The van der Waals surface area contributed by atoms with E-state index >= 15 is 0 Å². The summed E-state index contributed by atoms with van der Waals surface area (Å²) in [5.41, 5.74) is 11.0. The van der Waals surface area contributed by atoms with E-state index in [1.54, 1.807) is 6.20 Å². The molecule has 0 unspecified atom stereocenters. The lowest BCUT2D eigenvalue weighted by atomic mass is 9.89. The third-order valence-corrected chi connectivity index (χ3v) is 4.11. The van der Waals surface area contributed by atoms with Gasteiger partial charge >= 0.3 is 0 Å². The average molecular weight is 311 g/mol. The van der Waals surface area contributed by atoms with Gasteiger partial charge in [-0.05, 0) is 48.6 Å². The van der Waals surface area contributed by atoms with Crippen molar-refractivity contribution in [3.63, 3.8) is 0 Å². The summed E-state index contributed by atoms with van der Waals surface area (Å²) in [4.78, 5) is 16.1. The summed E-state index contributed by atoms with van der Waals surface area (Å²) in [6.07, 6.45) is 4.68. The van der Waals surface area contributed by atoms with Gasteiger partial charge in [0.15, 0.2) is 0 Å². The number of hydrogen-bond acceptors (Lipinski definition) is 3. The lowest BCUT2D eigenvalue weighted by Crippen LogP contribution is -2.42. The van der Waals surface area contributed by atoms with Crippen LogP contribution in [0.25, 0.3) is 0 Å². The summed E-state index contributed by atoms with van der Waals surface area (Å²) in [6, 6.07) is 9.64. The number of benzene rings is 1. The van der Waals surface area contributed by atoms with Crippen LogP contribution in [-0.4, -0.2) is 16.9 Å². The highest BCUT2D eigenvalue weighted by Gasteiger charge is 2.24. The Morgan fingerprint density at radius 2 is 1.91 bits per heavy atom. The first-order valence-corrected chi connectivity index (χ1v) is 8.03. The molecule has 23 heavy (non-hydrogen) atoms. The second kappa shape index (κ2) is 7.88. The fraction of sp³-hybridized carbons (Fsp3) is 0.368. The van der Waals surface area contributed by atoms with Crippen LogP contribution in [0, 0.1) is 13.8 Å². The van der Waals surface area contributed by atoms with Crippen LogP contribution in [0.1, 0.15) is 41.6 Å². The first-order valence-electron chi connectivity index (χ1n) is 8.03. The van der Waals surface area contributed by atoms with E-state index < -0.39 is 0 Å². The van der Waals surface area contributed by atoms with E-state index in [4.69, 9.17) is 5.73 Å². The van der Waals surface area contributed by atoms with Crippen molar-refractivity contribution in [2.45, 2.75) is 45.7 Å². The van der Waals surface area contributed by atoms with E-state index in [-0.39, 0.29) is 18.0 Å². The number of aryl methyl sites for hydroxylation is 2. The van der Waals surface area contributed by atoms with Crippen molar-refractivity contribution < 1.29 is 4.79 Å². The van der Waals surface area contributed by atoms with Gasteiger partial charge in [-0.25, -0.2) is 0 Å². The number of aromatic nitrogens is 1. The predicted molar refractivity (Wildman–Crippen MR) is 93.0 cm³/mol. The molecule has 0 aliphatic rings. The molecule has 1 amide bonds. The third kappa shape index (κ3) is 4.39. The van der Waals surface area contributed by atoms with Crippen molar-refractivity contribution in [1.29, 1.82) is 0 Å². The van der Waals surface area contributed by atoms with Crippen molar-refractivity contribution in [3.05, 3.63) is 65.0 Å². The van der Waals surface area contributed by atoms with Crippen LogP contribution in [0.3, 0.4) is 0 Å². The SMILES string of the molecule is CCC(=O)N[C@H](c1c(C)cccc1C)[C@H](N)Cc1cccnc1. The smallest absolute Gasteiger partial charge is 0.220 e. The molecule has 0 saturated heterocycles. The maximum Gasteiger partial charge on any atom is 0.220 e. The summed E-state index contributed by atoms with van der Waals surface area (Å²) in [5, 5.41) is 3.10. The van der Waals surface area contributed by atoms with Gasteiger partial charge in [0.25, 0.3) is 0 Å². The van der Waals surface area contributed by atoms with Gasteiger partial charge in [0.05, 0.1) is 6.04 Å². The molecule has 122 valence electrons. The van der Waals surface area contributed by atoms with E-state index in [9.17, 15) is 4.79 Å². The molecule has 0 aliphatic heterocycles. The first kappa shape index (κ1) is 17.2. The van der Waals surface area contributed by atoms with Crippen molar-refractivity contribution in [2.75, 3.05) is 0 Å². The molecular weight excluding hydrogens is 286 g/mol. The van der Waals surface area contributed by atoms with Crippen molar-refractivity contribution in [1.82, 2.24) is 10.3 Å². The van der Waals surface area contributed by atoms with E-state index in [1.165, 1.54) is 0 Å². The lowest BCUT2D eigenvalue weighted by molar-refractivity contribution is -0.121. The van der Waals surface area contributed by atoms with Gasteiger partial charge in [-0.1, -0.05) is 31.2 Å². The summed E-state index contributed by atoms with van der Waals surface area (Å²) >= 11 is 0. The zero-order valence-corrected chi connectivity index (χ0v) is 14.0. The fourth-order valence-corrected chi connectivity index (χ4v) is 2.90. The minimum Gasteiger partial charge on any atom is -0.348 e. The molecule has 0 radical (unpaired) electrons. The van der Waals surface area contributed by atoms with Crippen LogP contribution in [-0.2, 0) is 11.2 Å². The van der Waals surface area contributed by atoms with Gasteiger partial charge < -0.3 is 11.1 Å². The van der Waals surface area contributed by atoms with Gasteiger partial charge in [0.1, 0.15) is 0 Å². The Balaban J connectivity index is 2.32. The quantitative estimate of drug-likeness (QED) is 0.862. The minimum atomic E-state index is -0.213. The lowest BCUT2D eigenvalue weighted by Gasteiger charge is -2.28.